The average molecular weight is 453 g/mol. The highest BCUT2D eigenvalue weighted by molar-refractivity contribution is 6.30. The van der Waals surface area contributed by atoms with Crippen molar-refractivity contribution >= 4 is 28.3 Å². The van der Waals surface area contributed by atoms with E-state index in [1.807, 2.05) is 12.1 Å². The van der Waals surface area contributed by atoms with Crippen LogP contribution in [0.2, 0.25) is 5.15 Å². The van der Waals surface area contributed by atoms with E-state index in [9.17, 15) is 0 Å². The van der Waals surface area contributed by atoms with Crippen molar-refractivity contribution in [2.24, 2.45) is 5.41 Å². The lowest BCUT2D eigenvalue weighted by molar-refractivity contribution is 0.221. The second-order valence-electron chi connectivity index (χ2n) is 9.07. The SMILES string of the molecule is CCc1c(OC)cc(OC)c(C)c1-c1nc(N2CC3(CCCC3)C2)c2cc(Cl)ncc2n1. The number of fused-ring (bicyclic) bond motifs is 1. The predicted molar refractivity (Wildman–Crippen MR) is 128 cm³/mol. The van der Waals surface area contributed by atoms with Gasteiger partial charge in [-0.15, -0.1) is 0 Å². The summed E-state index contributed by atoms with van der Waals surface area (Å²) in [6.45, 7) is 6.26. The van der Waals surface area contributed by atoms with Crippen LogP contribution in [0.4, 0.5) is 5.82 Å². The fourth-order valence-electron chi connectivity index (χ4n) is 5.53. The molecule has 2 aromatic heterocycles. The van der Waals surface area contributed by atoms with E-state index >= 15 is 0 Å². The minimum Gasteiger partial charge on any atom is -0.496 e. The maximum absolute atomic E-state index is 6.27. The first-order valence-electron chi connectivity index (χ1n) is 11.3. The first-order chi connectivity index (χ1) is 15.5. The molecule has 1 saturated heterocycles. The van der Waals surface area contributed by atoms with Crippen molar-refractivity contribution in [3.05, 3.63) is 34.6 Å². The minimum atomic E-state index is 0.456. The van der Waals surface area contributed by atoms with E-state index in [1.54, 1.807) is 20.4 Å². The van der Waals surface area contributed by atoms with Crippen LogP contribution in [0.1, 0.15) is 43.7 Å². The van der Waals surface area contributed by atoms with E-state index in [-0.39, 0.29) is 0 Å². The van der Waals surface area contributed by atoms with Crippen molar-refractivity contribution in [2.45, 2.75) is 46.0 Å². The monoisotopic (exact) mass is 452 g/mol. The molecule has 2 fully saturated rings. The molecular weight excluding hydrogens is 424 g/mol. The predicted octanol–water partition coefficient (Wildman–Crippen LogP) is 5.61. The third-order valence-electron chi connectivity index (χ3n) is 7.17. The van der Waals surface area contributed by atoms with Gasteiger partial charge in [0.05, 0.1) is 25.9 Å². The fourth-order valence-corrected chi connectivity index (χ4v) is 5.69. The van der Waals surface area contributed by atoms with Crippen LogP contribution in [0.3, 0.4) is 0 Å². The Kier molecular flexibility index (Phi) is 5.36. The van der Waals surface area contributed by atoms with Gasteiger partial charge in [0.15, 0.2) is 5.82 Å². The third kappa shape index (κ3) is 3.36. The van der Waals surface area contributed by atoms with Gasteiger partial charge in [0.25, 0.3) is 0 Å². The lowest BCUT2D eigenvalue weighted by atomic mass is 9.78. The van der Waals surface area contributed by atoms with Gasteiger partial charge < -0.3 is 14.4 Å². The Morgan fingerprint density at radius 2 is 1.78 bits per heavy atom. The van der Waals surface area contributed by atoms with Crippen LogP contribution < -0.4 is 14.4 Å². The molecule has 168 valence electrons. The molecule has 0 radical (unpaired) electrons. The van der Waals surface area contributed by atoms with Gasteiger partial charge in [0.2, 0.25) is 0 Å². The van der Waals surface area contributed by atoms with Gasteiger partial charge >= 0.3 is 0 Å². The van der Waals surface area contributed by atoms with E-state index in [0.717, 1.165) is 64.4 Å². The highest BCUT2D eigenvalue weighted by atomic mass is 35.5. The molecule has 6 nitrogen and oxygen atoms in total. The quantitative estimate of drug-likeness (QED) is 0.468. The van der Waals surface area contributed by atoms with E-state index < -0.39 is 0 Å². The first kappa shape index (κ1) is 21.3. The lowest BCUT2D eigenvalue weighted by Gasteiger charge is -2.49. The van der Waals surface area contributed by atoms with Crippen molar-refractivity contribution in [2.75, 3.05) is 32.2 Å². The van der Waals surface area contributed by atoms with Crippen molar-refractivity contribution in [3.8, 4) is 22.9 Å². The molecule has 7 heteroatoms. The summed E-state index contributed by atoms with van der Waals surface area (Å²) in [4.78, 5) is 16.7. The van der Waals surface area contributed by atoms with Gasteiger partial charge in [-0.25, -0.2) is 15.0 Å². The summed E-state index contributed by atoms with van der Waals surface area (Å²) in [5, 5.41) is 1.41. The topological polar surface area (TPSA) is 60.4 Å². The van der Waals surface area contributed by atoms with Gasteiger partial charge in [-0.1, -0.05) is 31.4 Å². The zero-order valence-electron chi connectivity index (χ0n) is 19.2. The summed E-state index contributed by atoms with van der Waals surface area (Å²) >= 11 is 6.27. The molecule has 0 N–H and O–H groups in total. The summed E-state index contributed by atoms with van der Waals surface area (Å²) in [7, 11) is 3.36. The number of nitrogens with zero attached hydrogens (tertiary/aromatic N) is 4. The zero-order valence-corrected chi connectivity index (χ0v) is 19.9. The number of ether oxygens (including phenoxy) is 2. The molecule has 1 spiro atoms. The molecule has 0 bridgehead atoms. The van der Waals surface area contributed by atoms with Crippen LogP contribution in [0.25, 0.3) is 22.3 Å². The Labute approximate surface area is 193 Å². The lowest BCUT2D eigenvalue weighted by Crippen LogP contribution is -2.55. The van der Waals surface area contributed by atoms with Gasteiger partial charge in [-0.3, -0.25) is 0 Å². The number of hydrogen-bond acceptors (Lipinski definition) is 6. The summed E-state index contributed by atoms with van der Waals surface area (Å²) in [6, 6.07) is 3.83. The van der Waals surface area contributed by atoms with Crippen LogP contribution in [0, 0.1) is 12.3 Å². The largest absolute Gasteiger partial charge is 0.496 e. The molecule has 1 aliphatic heterocycles. The van der Waals surface area contributed by atoms with Gasteiger partial charge in [-0.05, 0) is 32.3 Å². The van der Waals surface area contributed by atoms with Gasteiger partial charge in [0, 0.05) is 46.6 Å². The smallest absolute Gasteiger partial charge is 0.163 e. The van der Waals surface area contributed by atoms with Gasteiger partial charge in [-0.2, -0.15) is 0 Å². The number of hydrogen-bond donors (Lipinski definition) is 0. The first-order valence-corrected chi connectivity index (χ1v) is 11.7. The molecule has 1 saturated carbocycles. The Morgan fingerprint density at radius 3 is 2.44 bits per heavy atom. The maximum Gasteiger partial charge on any atom is 0.163 e. The Balaban J connectivity index is 1.70. The van der Waals surface area contributed by atoms with Crippen LogP contribution in [0.5, 0.6) is 11.5 Å². The van der Waals surface area contributed by atoms with Crippen LogP contribution in [-0.2, 0) is 6.42 Å². The molecule has 0 amide bonds. The molecule has 1 aliphatic carbocycles. The van der Waals surface area contributed by atoms with Crippen LogP contribution in [-0.4, -0.2) is 42.3 Å². The number of methoxy groups -OCH3 is 2. The third-order valence-corrected chi connectivity index (χ3v) is 7.37. The normalized spacial score (nSPS) is 17.1. The minimum absolute atomic E-state index is 0.456. The average Bonchev–Trinajstić information content (AvgIpc) is 3.27. The Hall–Kier alpha value is -2.60. The molecule has 32 heavy (non-hydrogen) atoms. The summed E-state index contributed by atoms with van der Waals surface area (Å²) in [5.74, 6) is 3.17. The number of rotatable bonds is 5. The molecule has 3 heterocycles. The van der Waals surface area contributed by atoms with Crippen molar-refractivity contribution in [3.63, 3.8) is 0 Å². The molecule has 1 aromatic carbocycles. The summed E-state index contributed by atoms with van der Waals surface area (Å²) in [5.41, 5.74) is 4.31. The summed E-state index contributed by atoms with van der Waals surface area (Å²) < 4.78 is 11.3. The highest BCUT2D eigenvalue weighted by Crippen LogP contribution is 2.48. The number of anilines is 1. The number of aromatic nitrogens is 3. The number of pyridine rings is 1. The molecule has 0 atom stereocenters. The van der Waals surface area contributed by atoms with Crippen molar-refractivity contribution < 1.29 is 9.47 Å². The molecule has 3 aromatic rings. The van der Waals surface area contributed by atoms with E-state index in [2.05, 4.69) is 23.7 Å². The molecule has 2 aliphatic rings. The Bertz CT molecular complexity index is 1180. The van der Waals surface area contributed by atoms with E-state index in [4.69, 9.17) is 31.0 Å². The molecule has 5 rings (SSSR count). The zero-order chi connectivity index (χ0) is 22.5. The van der Waals surface area contributed by atoms with Gasteiger partial charge in [0.1, 0.15) is 22.5 Å². The molecule has 0 unspecified atom stereocenters. The molecular formula is C25H29ClN4O2. The fraction of sp³-hybridized carbons (Fsp3) is 0.480. The standard InChI is InChI=1S/C25H29ClN4O2/c1-5-16-20(32-4)11-19(31-3)15(2)22(16)23-28-18-12-27-21(26)10-17(18)24(29-23)30-13-25(14-30)8-6-7-9-25/h10-12H,5-9,13-14H2,1-4H3. The maximum atomic E-state index is 6.27. The van der Waals surface area contributed by atoms with Crippen molar-refractivity contribution in [1.29, 1.82) is 0 Å². The second kappa shape index (κ2) is 8.07. The van der Waals surface area contributed by atoms with E-state index in [0.29, 0.717) is 16.4 Å². The summed E-state index contributed by atoms with van der Waals surface area (Å²) in [6.07, 6.45) is 7.84. The van der Waals surface area contributed by atoms with E-state index in [1.165, 1.54) is 25.7 Å². The highest BCUT2D eigenvalue weighted by Gasteiger charge is 2.45. The van der Waals surface area contributed by atoms with Crippen molar-refractivity contribution in [1.82, 2.24) is 15.0 Å². The Morgan fingerprint density at radius 1 is 1.06 bits per heavy atom. The number of benzene rings is 1. The van der Waals surface area contributed by atoms with Crippen LogP contribution in [0.15, 0.2) is 18.3 Å². The second-order valence-corrected chi connectivity index (χ2v) is 9.46. The number of halogens is 1. The van der Waals surface area contributed by atoms with Crippen LogP contribution >= 0.6 is 11.6 Å².